The highest BCUT2D eigenvalue weighted by Gasteiger charge is 2.52. The summed E-state index contributed by atoms with van der Waals surface area (Å²) in [6, 6.07) is 5.36. The molecular weight excluding hydrogens is 392 g/mol. The Morgan fingerprint density at radius 3 is 2.47 bits per heavy atom. The van der Waals surface area contributed by atoms with Crippen molar-refractivity contribution in [3.05, 3.63) is 47.5 Å². The number of aliphatic hydroxyl groups is 1. The molecule has 0 radical (unpaired) electrons. The number of carboxylic acid groups (broad SMARTS) is 1. The first-order valence-electron chi connectivity index (χ1n) is 10.6. The maximum atomic E-state index is 13.9. The summed E-state index contributed by atoms with van der Waals surface area (Å²) in [6.07, 6.45) is 5.49. The number of hydrogen-bond acceptors (Lipinski definition) is 3. The summed E-state index contributed by atoms with van der Waals surface area (Å²) in [5.41, 5.74) is 0.903. The summed E-state index contributed by atoms with van der Waals surface area (Å²) >= 11 is 0. The molecular formula is C23H33F2NO4. The van der Waals surface area contributed by atoms with Crippen molar-refractivity contribution in [2.45, 2.75) is 77.4 Å². The average molecular weight is 426 g/mol. The van der Waals surface area contributed by atoms with E-state index < -0.39 is 36.4 Å². The zero-order valence-corrected chi connectivity index (χ0v) is 18.0. The maximum absolute atomic E-state index is 13.9. The van der Waals surface area contributed by atoms with Crippen LogP contribution in [0.5, 0.6) is 0 Å². The van der Waals surface area contributed by atoms with E-state index in [1.54, 1.807) is 12.1 Å². The van der Waals surface area contributed by atoms with Crippen LogP contribution in [0, 0.1) is 0 Å². The molecule has 30 heavy (non-hydrogen) atoms. The van der Waals surface area contributed by atoms with Crippen LogP contribution in [-0.4, -0.2) is 51.6 Å². The van der Waals surface area contributed by atoms with E-state index in [1.807, 2.05) is 13.8 Å². The number of hydrogen-bond donors (Lipinski definition) is 2. The summed E-state index contributed by atoms with van der Waals surface area (Å²) in [7, 11) is 0. The Labute approximate surface area is 177 Å². The van der Waals surface area contributed by atoms with Gasteiger partial charge in [0.1, 0.15) is 0 Å². The van der Waals surface area contributed by atoms with E-state index in [-0.39, 0.29) is 12.1 Å². The van der Waals surface area contributed by atoms with Gasteiger partial charge in [0.25, 0.3) is 5.91 Å². The Morgan fingerprint density at radius 1 is 1.27 bits per heavy atom. The molecule has 0 saturated carbocycles. The number of nitrogens with zero attached hydrogens (tertiary/aromatic N) is 1. The van der Waals surface area contributed by atoms with Crippen molar-refractivity contribution < 1.29 is 28.6 Å². The second kappa shape index (κ2) is 12.4. The molecule has 0 bridgehead atoms. The molecule has 0 aliphatic carbocycles. The molecule has 5 nitrogen and oxygen atoms in total. The Bertz CT molecular complexity index is 704. The van der Waals surface area contributed by atoms with E-state index in [0.717, 1.165) is 29.7 Å². The average Bonchev–Trinajstić information content (AvgIpc) is 2.95. The van der Waals surface area contributed by atoms with Gasteiger partial charge in [-0.15, -0.1) is 0 Å². The van der Waals surface area contributed by atoms with Gasteiger partial charge in [0.2, 0.25) is 0 Å². The van der Waals surface area contributed by atoms with Crippen LogP contribution in [0.1, 0.15) is 68.8 Å². The lowest BCUT2D eigenvalue weighted by Gasteiger charge is -2.22. The molecule has 0 spiro atoms. The number of carbonyl (C=O) groups is 2. The van der Waals surface area contributed by atoms with Gasteiger partial charge in [-0.25, -0.2) is 4.79 Å². The van der Waals surface area contributed by atoms with E-state index in [0.29, 0.717) is 12.8 Å². The van der Waals surface area contributed by atoms with E-state index in [2.05, 4.69) is 6.92 Å². The Balaban J connectivity index is 0.00000218. The largest absolute Gasteiger partial charge is 0.478 e. The van der Waals surface area contributed by atoms with Crippen LogP contribution in [0.2, 0.25) is 0 Å². The monoisotopic (exact) mass is 425 g/mol. The van der Waals surface area contributed by atoms with Gasteiger partial charge in [-0.1, -0.05) is 64.3 Å². The van der Waals surface area contributed by atoms with Gasteiger partial charge < -0.3 is 15.1 Å². The molecule has 1 amide bonds. The summed E-state index contributed by atoms with van der Waals surface area (Å²) in [5, 5.41) is 18.9. The number of carbonyl (C=O) groups excluding carboxylic acids is 1. The maximum Gasteiger partial charge on any atom is 0.335 e. The molecule has 1 heterocycles. The van der Waals surface area contributed by atoms with Crippen LogP contribution in [0.4, 0.5) is 8.78 Å². The molecule has 1 aromatic rings. The van der Waals surface area contributed by atoms with Crippen molar-refractivity contribution in [2.24, 2.45) is 0 Å². The highest BCUT2D eigenvalue weighted by Crippen LogP contribution is 2.34. The number of amides is 1. The molecule has 2 atom stereocenters. The minimum atomic E-state index is -3.41. The summed E-state index contributed by atoms with van der Waals surface area (Å²) < 4.78 is 27.9. The zero-order chi connectivity index (χ0) is 22.7. The van der Waals surface area contributed by atoms with Crippen molar-refractivity contribution in [2.75, 3.05) is 6.54 Å². The number of aliphatic hydroxyl groups excluding tert-OH is 1. The minimum absolute atomic E-state index is 0.0990. The molecule has 2 rings (SSSR count). The number of alkyl halides is 2. The lowest BCUT2D eigenvalue weighted by atomic mass is 10.1. The van der Waals surface area contributed by atoms with Crippen LogP contribution < -0.4 is 0 Å². The van der Waals surface area contributed by atoms with Crippen LogP contribution in [0.15, 0.2) is 36.4 Å². The molecule has 0 aromatic heterocycles. The topological polar surface area (TPSA) is 77.8 Å². The van der Waals surface area contributed by atoms with Gasteiger partial charge in [0, 0.05) is 13.0 Å². The quantitative estimate of drug-likeness (QED) is 0.421. The standard InChI is InChI=1S/C21H27F2NO4.C2H6/c1-2-3-4-5-18(25)11-10-17-14-21(22,23)20(28)24(17)13-12-15-6-8-16(9-7-15)19(26)27;1-2/h6-11,17-18,25H,2-5,12-14H2,1H3,(H,26,27);1-2H3/b11-10+;/t17?,18-;/m0./s1. The van der Waals surface area contributed by atoms with Crippen LogP contribution in [0.25, 0.3) is 0 Å². The smallest absolute Gasteiger partial charge is 0.335 e. The zero-order valence-electron chi connectivity index (χ0n) is 18.0. The second-order valence-corrected chi connectivity index (χ2v) is 7.17. The molecule has 1 aliphatic heterocycles. The molecule has 1 aliphatic rings. The van der Waals surface area contributed by atoms with E-state index in [1.165, 1.54) is 24.3 Å². The fraction of sp³-hybridized carbons (Fsp3) is 0.565. The Morgan fingerprint density at radius 2 is 1.90 bits per heavy atom. The van der Waals surface area contributed by atoms with Crippen molar-refractivity contribution in [3.8, 4) is 0 Å². The minimum Gasteiger partial charge on any atom is -0.478 e. The lowest BCUT2D eigenvalue weighted by molar-refractivity contribution is -0.148. The highest BCUT2D eigenvalue weighted by molar-refractivity contribution is 5.87. The number of rotatable bonds is 10. The fourth-order valence-electron chi connectivity index (χ4n) is 3.28. The summed E-state index contributed by atoms with van der Waals surface area (Å²) in [4.78, 5) is 24.1. The van der Waals surface area contributed by atoms with Gasteiger partial charge in [0.15, 0.2) is 0 Å². The van der Waals surface area contributed by atoms with Crippen molar-refractivity contribution in [1.29, 1.82) is 0 Å². The van der Waals surface area contributed by atoms with Crippen molar-refractivity contribution in [1.82, 2.24) is 4.90 Å². The van der Waals surface area contributed by atoms with Gasteiger partial charge in [0.05, 0.1) is 17.7 Å². The highest BCUT2D eigenvalue weighted by atomic mass is 19.3. The lowest BCUT2D eigenvalue weighted by Crippen LogP contribution is -2.37. The molecule has 168 valence electrons. The molecule has 7 heteroatoms. The van der Waals surface area contributed by atoms with Gasteiger partial charge in [-0.3, -0.25) is 4.79 Å². The number of carboxylic acids is 1. The third-order valence-electron chi connectivity index (χ3n) is 4.94. The normalized spacial score (nSPS) is 18.9. The van der Waals surface area contributed by atoms with Gasteiger partial charge in [-0.2, -0.15) is 8.78 Å². The van der Waals surface area contributed by atoms with Crippen molar-refractivity contribution >= 4 is 11.9 Å². The fourth-order valence-corrected chi connectivity index (χ4v) is 3.28. The predicted molar refractivity (Wildman–Crippen MR) is 113 cm³/mol. The van der Waals surface area contributed by atoms with E-state index in [4.69, 9.17) is 5.11 Å². The SMILES string of the molecule is CC.CCCCC[C@H](O)/C=C/C1CC(F)(F)C(=O)N1CCc1ccc(C(=O)O)cc1. The Kier molecular flexibility index (Phi) is 10.7. The second-order valence-electron chi connectivity index (χ2n) is 7.17. The van der Waals surface area contributed by atoms with Crippen LogP contribution in [-0.2, 0) is 11.2 Å². The van der Waals surface area contributed by atoms with Gasteiger partial charge in [-0.05, 0) is 30.5 Å². The first-order chi connectivity index (χ1) is 14.2. The molecule has 2 N–H and O–H groups in total. The van der Waals surface area contributed by atoms with Crippen molar-refractivity contribution in [3.63, 3.8) is 0 Å². The van der Waals surface area contributed by atoms with E-state index >= 15 is 0 Å². The number of unbranched alkanes of at least 4 members (excludes halogenated alkanes) is 2. The Hall–Kier alpha value is -2.28. The molecule has 1 aromatic carbocycles. The first-order valence-corrected chi connectivity index (χ1v) is 10.6. The number of benzene rings is 1. The van der Waals surface area contributed by atoms with Crippen LogP contribution in [0.3, 0.4) is 0 Å². The van der Waals surface area contributed by atoms with Crippen LogP contribution >= 0.6 is 0 Å². The first kappa shape index (κ1) is 25.8. The molecule has 1 fully saturated rings. The van der Waals surface area contributed by atoms with Gasteiger partial charge >= 0.3 is 11.9 Å². The molecule has 1 saturated heterocycles. The number of likely N-dealkylation sites (tertiary alicyclic amines) is 1. The number of halogens is 2. The van der Waals surface area contributed by atoms with E-state index in [9.17, 15) is 23.5 Å². The summed E-state index contributed by atoms with van der Waals surface area (Å²) in [6.45, 7) is 6.16. The molecule has 1 unspecified atom stereocenters. The predicted octanol–water partition coefficient (Wildman–Crippen LogP) is 4.69. The summed E-state index contributed by atoms with van der Waals surface area (Å²) in [5.74, 6) is -5.65. The third-order valence-corrected chi connectivity index (χ3v) is 4.94. The number of aromatic carboxylic acids is 1. The third kappa shape index (κ3) is 7.52.